The van der Waals surface area contributed by atoms with Gasteiger partial charge in [0.05, 0.1) is 17.6 Å². The third-order valence-electron chi connectivity index (χ3n) is 2.31. The summed E-state index contributed by atoms with van der Waals surface area (Å²) in [5.74, 6) is -0.851. The molecule has 100 valence electrons. The Hall–Kier alpha value is -1.57. The number of halogens is 1. The lowest BCUT2D eigenvalue weighted by Gasteiger charge is -2.11. The predicted molar refractivity (Wildman–Crippen MR) is 62.6 cm³/mol. The molecule has 0 aliphatic carbocycles. The molecular formula is C11H15FN2O4. The molecule has 0 radical (unpaired) electrons. The smallest absolute Gasteiger partial charge is 0.305 e. The molecule has 0 saturated heterocycles. The number of nitro benzene ring substituents is 1. The Morgan fingerprint density at radius 3 is 2.94 bits per heavy atom. The van der Waals surface area contributed by atoms with Crippen molar-refractivity contribution in [1.82, 2.24) is 5.32 Å². The Morgan fingerprint density at radius 2 is 2.33 bits per heavy atom. The summed E-state index contributed by atoms with van der Waals surface area (Å²) in [7, 11) is 1.46. The fourth-order valence-electron chi connectivity index (χ4n) is 1.47. The van der Waals surface area contributed by atoms with Crippen LogP contribution in [0.4, 0.5) is 10.1 Å². The van der Waals surface area contributed by atoms with Crippen LogP contribution < -0.4 is 5.32 Å². The number of ether oxygens (including phenoxy) is 1. The molecule has 18 heavy (non-hydrogen) atoms. The van der Waals surface area contributed by atoms with Gasteiger partial charge in [-0.25, -0.2) is 0 Å². The SMILES string of the molecule is COCC(O)CNCc1cccc([N+](=O)[O-])c1F. The van der Waals surface area contributed by atoms with Crippen molar-refractivity contribution < 1.29 is 19.2 Å². The van der Waals surface area contributed by atoms with Crippen molar-refractivity contribution in [1.29, 1.82) is 0 Å². The van der Waals surface area contributed by atoms with Crippen LogP contribution in [0.25, 0.3) is 0 Å². The van der Waals surface area contributed by atoms with E-state index in [-0.39, 0.29) is 25.3 Å². The molecule has 0 heterocycles. The molecule has 0 spiro atoms. The molecule has 0 amide bonds. The molecule has 6 nitrogen and oxygen atoms in total. The minimum absolute atomic E-state index is 0.105. The average Bonchev–Trinajstić information content (AvgIpc) is 2.31. The van der Waals surface area contributed by atoms with Crippen LogP contribution in [0, 0.1) is 15.9 Å². The van der Waals surface area contributed by atoms with Gasteiger partial charge >= 0.3 is 5.69 Å². The van der Waals surface area contributed by atoms with Crippen LogP contribution in [0.1, 0.15) is 5.56 Å². The molecule has 1 aromatic carbocycles. The highest BCUT2D eigenvalue weighted by Gasteiger charge is 2.16. The lowest BCUT2D eigenvalue weighted by molar-refractivity contribution is -0.387. The maximum atomic E-state index is 13.6. The number of benzene rings is 1. The van der Waals surface area contributed by atoms with Crippen LogP contribution in [0.5, 0.6) is 0 Å². The van der Waals surface area contributed by atoms with Crippen molar-refractivity contribution in [2.75, 3.05) is 20.3 Å². The van der Waals surface area contributed by atoms with Gasteiger partial charge in [-0.2, -0.15) is 4.39 Å². The second kappa shape index (κ2) is 7.00. The van der Waals surface area contributed by atoms with Gasteiger partial charge in [-0.3, -0.25) is 10.1 Å². The van der Waals surface area contributed by atoms with Gasteiger partial charge in [0.15, 0.2) is 0 Å². The van der Waals surface area contributed by atoms with E-state index >= 15 is 0 Å². The lowest BCUT2D eigenvalue weighted by atomic mass is 10.2. The van der Waals surface area contributed by atoms with Crippen molar-refractivity contribution in [2.24, 2.45) is 0 Å². The van der Waals surface area contributed by atoms with E-state index in [0.717, 1.165) is 6.07 Å². The standard InChI is InChI=1S/C11H15FN2O4/c1-18-7-9(15)6-13-5-8-3-2-4-10(11(8)12)14(16)17/h2-4,9,13,15H,5-7H2,1H3. The first-order valence-electron chi connectivity index (χ1n) is 5.35. The van der Waals surface area contributed by atoms with Gasteiger partial charge in [-0.1, -0.05) is 12.1 Å². The van der Waals surface area contributed by atoms with Crippen molar-refractivity contribution >= 4 is 5.69 Å². The van der Waals surface area contributed by atoms with Gasteiger partial charge in [0.1, 0.15) is 0 Å². The molecule has 1 rings (SSSR count). The van der Waals surface area contributed by atoms with Gasteiger partial charge < -0.3 is 15.2 Å². The van der Waals surface area contributed by atoms with Crippen LogP contribution in [0.2, 0.25) is 0 Å². The molecular weight excluding hydrogens is 243 g/mol. The minimum atomic E-state index is -0.851. The minimum Gasteiger partial charge on any atom is -0.389 e. The van der Waals surface area contributed by atoms with E-state index in [0.29, 0.717) is 0 Å². The Bertz CT molecular complexity index is 414. The first-order chi connectivity index (χ1) is 8.56. The fraction of sp³-hybridized carbons (Fsp3) is 0.455. The first kappa shape index (κ1) is 14.5. The number of aliphatic hydroxyl groups is 1. The highest BCUT2D eigenvalue weighted by molar-refractivity contribution is 5.36. The molecule has 0 aromatic heterocycles. The maximum Gasteiger partial charge on any atom is 0.305 e. The van der Waals surface area contributed by atoms with Crippen LogP contribution in [0.3, 0.4) is 0 Å². The second-order valence-corrected chi connectivity index (χ2v) is 3.75. The van der Waals surface area contributed by atoms with E-state index in [1.807, 2.05) is 0 Å². The fourth-order valence-corrected chi connectivity index (χ4v) is 1.47. The zero-order chi connectivity index (χ0) is 13.5. The Balaban J connectivity index is 2.57. The van der Waals surface area contributed by atoms with Crippen LogP contribution in [0.15, 0.2) is 18.2 Å². The monoisotopic (exact) mass is 258 g/mol. The summed E-state index contributed by atoms with van der Waals surface area (Å²) < 4.78 is 18.4. The number of nitro groups is 1. The maximum absolute atomic E-state index is 13.6. The van der Waals surface area contributed by atoms with Gasteiger partial charge in [-0.15, -0.1) is 0 Å². The van der Waals surface area contributed by atoms with Gasteiger partial charge in [-0.05, 0) is 0 Å². The van der Waals surface area contributed by atoms with Crippen LogP contribution in [-0.4, -0.2) is 36.4 Å². The molecule has 0 fully saturated rings. The van der Waals surface area contributed by atoms with Gasteiger partial charge in [0.25, 0.3) is 0 Å². The third-order valence-corrected chi connectivity index (χ3v) is 2.31. The average molecular weight is 258 g/mol. The summed E-state index contributed by atoms with van der Waals surface area (Å²) in [6.45, 7) is 0.495. The van der Waals surface area contributed by atoms with Crippen LogP contribution >= 0.6 is 0 Å². The summed E-state index contributed by atoms with van der Waals surface area (Å²) in [6.07, 6.45) is -0.697. The normalized spacial score (nSPS) is 12.4. The molecule has 1 unspecified atom stereocenters. The summed E-state index contributed by atoms with van der Waals surface area (Å²) in [5.41, 5.74) is -0.361. The topological polar surface area (TPSA) is 84.6 Å². The third kappa shape index (κ3) is 4.02. The molecule has 1 atom stereocenters. The quantitative estimate of drug-likeness (QED) is 0.559. The number of methoxy groups -OCH3 is 1. The number of aliphatic hydroxyl groups excluding tert-OH is 1. The summed E-state index contributed by atoms with van der Waals surface area (Å²) in [4.78, 5) is 9.76. The molecule has 2 N–H and O–H groups in total. The van der Waals surface area contributed by atoms with Gasteiger partial charge in [0, 0.05) is 31.8 Å². The van der Waals surface area contributed by atoms with Gasteiger partial charge in [0.2, 0.25) is 5.82 Å². The van der Waals surface area contributed by atoms with E-state index in [1.165, 1.54) is 19.2 Å². The summed E-state index contributed by atoms with van der Waals surface area (Å²) >= 11 is 0. The number of nitrogens with one attached hydrogen (secondary N) is 1. The largest absolute Gasteiger partial charge is 0.389 e. The summed E-state index contributed by atoms with van der Waals surface area (Å²) in [5, 5.41) is 22.7. The number of nitrogens with zero attached hydrogens (tertiary/aromatic N) is 1. The molecule has 7 heteroatoms. The van der Waals surface area contributed by atoms with Crippen molar-refractivity contribution in [3.8, 4) is 0 Å². The number of hydrogen-bond acceptors (Lipinski definition) is 5. The Labute approximate surface area is 104 Å². The second-order valence-electron chi connectivity index (χ2n) is 3.75. The Kier molecular flexibility index (Phi) is 5.63. The van der Waals surface area contributed by atoms with E-state index in [1.54, 1.807) is 0 Å². The molecule has 1 aromatic rings. The zero-order valence-corrected chi connectivity index (χ0v) is 9.93. The number of hydrogen-bond donors (Lipinski definition) is 2. The van der Waals surface area contributed by atoms with Crippen molar-refractivity contribution in [3.63, 3.8) is 0 Å². The van der Waals surface area contributed by atoms with E-state index in [2.05, 4.69) is 5.32 Å². The lowest BCUT2D eigenvalue weighted by Crippen LogP contribution is -2.29. The van der Waals surface area contributed by atoms with Crippen LogP contribution in [-0.2, 0) is 11.3 Å². The predicted octanol–water partition coefficient (Wildman–Crippen LogP) is 0.831. The highest BCUT2D eigenvalue weighted by atomic mass is 19.1. The number of rotatable bonds is 7. The zero-order valence-electron chi connectivity index (χ0n) is 9.93. The molecule has 0 aliphatic heterocycles. The van der Waals surface area contributed by atoms with Crippen molar-refractivity contribution in [2.45, 2.75) is 12.6 Å². The van der Waals surface area contributed by atoms with E-state index in [9.17, 15) is 19.6 Å². The first-order valence-corrected chi connectivity index (χ1v) is 5.35. The van der Waals surface area contributed by atoms with E-state index in [4.69, 9.17) is 4.74 Å². The Morgan fingerprint density at radius 1 is 1.61 bits per heavy atom. The molecule has 0 saturated carbocycles. The van der Waals surface area contributed by atoms with Crippen molar-refractivity contribution in [3.05, 3.63) is 39.7 Å². The highest BCUT2D eigenvalue weighted by Crippen LogP contribution is 2.19. The molecule has 0 bridgehead atoms. The summed E-state index contributed by atoms with van der Waals surface area (Å²) in [6, 6.07) is 3.99. The van der Waals surface area contributed by atoms with E-state index < -0.39 is 22.5 Å². The molecule has 0 aliphatic rings.